The molecule has 2 unspecified atom stereocenters. The van der Waals surface area contributed by atoms with Gasteiger partial charge in [-0.25, -0.2) is 0 Å². The molecular formula is C17H22N2OS. The lowest BCUT2D eigenvalue weighted by molar-refractivity contribution is -0.137. The molecule has 2 atom stereocenters. The van der Waals surface area contributed by atoms with Gasteiger partial charge >= 0.3 is 0 Å². The summed E-state index contributed by atoms with van der Waals surface area (Å²) in [6.07, 6.45) is 0.852. The largest absolute Gasteiger partial charge is 0.341 e. The Morgan fingerprint density at radius 2 is 1.95 bits per heavy atom. The second-order valence-corrected chi connectivity index (χ2v) is 6.65. The number of hydrogen-bond donors (Lipinski definition) is 1. The van der Waals surface area contributed by atoms with Crippen LogP contribution in [0.4, 0.5) is 0 Å². The molecule has 1 amide bonds. The van der Waals surface area contributed by atoms with E-state index in [9.17, 15) is 4.79 Å². The van der Waals surface area contributed by atoms with Crippen LogP contribution in [0, 0.1) is 0 Å². The predicted molar refractivity (Wildman–Crippen MR) is 88.2 cm³/mol. The lowest BCUT2D eigenvalue weighted by Crippen LogP contribution is -2.52. The van der Waals surface area contributed by atoms with Crippen molar-refractivity contribution in [3.8, 4) is 0 Å². The second-order valence-electron chi connectivity index (χ2n) is 5.62. The van der Waals surface area contributed by atoms with Crippen molar-refractivity contribution in [2.75, 3.05) is 7.05 Å². The predicted octanol–water partition coefficient (Wildman–Crippen LogP) is 3.01. The summed E-state index contributed by atoms with van der Waals surface area (Å²) in [6.45, 7) is 3.83. The quantitative estimate of drug-likeness (QED) is 0.923. The summed E-state index contributed by atoms with van der Waals surface area (Å²) in [5.41, 5.74) is 6.14. The first-order valence-electron chi connectivity index (χ1n) is 7.07. The number of carbonyl (C=O) groups is 1. The van der Waals surface area contributed by atoms with E-state index in [-0.39, 0.29) is 11.9 Å². The zero-order valence-electron chi connectivity index (χ0n) is 12.7. The molecule has 0 bridgehead atoms. The van der Waals surface area contributed by atoms with Gasteiger partial charge in [0.05, 0.1) is 0 Å². The molecule has 0 saturated carbocycles. The summed E-state index contributed by atoms with van der Waals surface area (Å²) in [4.78, 5) is 15.8. The highest BCUT2D eigenvalue weighted by atomic mass is 32.1. The molecule has 4 heteroatoms. The van der Waals surface area contributed by atoms with E-state index in [1.165, 1.54) is 4.88 Å². The minimum Gasteiger partial charge on any atom is -0.341 e. The molecule has 0 spiro atoms. The number of nitrogens with zero attached hydrogens (tertiary/aromatic N) is 1. The van der Waals surface area contributed by atoms with Crippen molar-refractivity contribution in [3.05, 3.63) is 58.3 Å². The summed E-state index contributed by atoms with van der Waals surface area (Å²) in [5, 5.41) is 2.06. The normalized spacial score (nSPS) is 15.2. The molecule has 1 heterocycles. The number of likely N-dealkylation sites (N-methyl/N-ethyl adjacent to an activating group) is 1. The Morgan fingerprint density at radius 3 is 2.52 bits per heavy atom. The van der Waals surface area contributed by atoms with Crippen LogP contribution in [0.3, 0.4) is 0 Å². The van der Waals surface area contributed by atoms with Crippen LogP contribution in [0.15, 0.2) is 47.8 Å². The maximum atomic E-state index is 12.7. The molecule has 0 fully saturated rings. The van der Waals surface area contributed by atoms with Gasteiger partial charge in [-0.05, 0) is 30.9 Å². The van der Waals surface area contributed by atoms with Crippen LogP contribution in [0.2, 0.25) is 0 Å². The zero-order chi connectivity index (χ0) is 15.5. The first kappa shape index (κ1) is 15.7. The van der Waals surface area contributed by atoms with Crippen LogP contribution in [-0.2, 0) is 16.8 Å². The van der Waals surface area contributed by atoms with Gasteiger partial charge in [-0.15, -0.1) is 11.3 Å². The van der Waals surface area contributed by atoms with Gasteiger partial charge < -0.3 is 10.6 Å². The third kappa shape index (κ3) is 3.52. The van der Waals surface area contributed by atoms with E-state index in [0.717, 1.165) is 12.0 Å². The third-order valence-electron chi connectivity index (χ3n) is 3.88. The second kappa shape index (κ2) is 6.41. The van der Waals surface area contributed by atoms with Gasteiger partial charge in [0.2, 0.25) is 5.91 Å². The van der Waals surface area contributed by atoms with Crippen LogP contribution in [0.1, 0.15) is 24.3 Å². The van der Waals surface area contributed by atoms with E-state index in [1.807, 2.05) is 43.4 Å². The molecule has 1 aromatic carbocycles. The Kier molecular flexibility index (Phi) is 4.80. The molecule has 0 aliphatic heterocycles. The number of rotatable bonds is 5. The Balaban J connectivity index is 2.11. The van der Waals surface area contributed by atoms with E-state index in [0.29, 0.717) is 0 Å². The number of nitrogens with two attached hydrogens (primary N) is 1. The summed E-state index contributed by atoms with van der Waals surface area (Å²) in [5.74, 6) is -0.0576. The van der Waals surface area contributed by atoms with Gasteiger partial charge in [0.1, 0.15) is 5.54 Å². The van der Waals surface area contributed by atoms with Gasteiger partial charge in [0, 0.05) is 24.4 Å². The van der Waals surface area contributed by atoms with Crippen LogP contribution in [-0.4, -0.2) is 23.9 Å². The van der Waals surface area contributed by atoms with Crippen molar-refractivity contribution in [1.82, 2.24) is 4.90 Å². The fourth-order valence-electron chi connectivity index (χ4n) is 2.33. The van der Waals surface area contributed by atoms with E-state index in [2.05, 4.69) is 18.4 Å². The van der Waals surface area contributed by atoms with Gasteiger partial charge in [-0.3, -0.25) is 4.79 Å². The van der Waals surface area contributed by atoms with Crippen molar-refractivity contribution >= 4 is 17.2 Å². The van der Waals surface area contributed by atoms with Crippen LogP contribution in [0.5, 0.6) is 0 Å². The molecule has 112 valence electrons. The third-order valence-corrected chi connectivity index (χ3v) is 4.77. The summed E-state index contributed by atoms with van der Waals surface area (Å²) in [6, 6.07) is 13.8. The van der Waals surface area contributed by atoms with E-state index in [1.54, 1.807) is 23.2 Å². The zero-order valence-corrected chi connectivity index (χ0v) is 13.6. The highest BCUT2D eigenvalue weighted by molar-refractivity contribution is 7.09. The average molecular weight is 302 g/mol. The highest BCUT2D eigenvalue weighted by Crippen LogP contribution is 2.22. The van der Waals surface area contributed by atoms with Crippen molar-refractivity contribution in [2.24, 2.45) is 5.73 Å². The molecule has 0 saturated heterocycles. The topological polar surface area (TPSA) is 46.3 Å². The molecular weight excluding hydrogens is 280 g/mol. The first-order chi connectivity index (χ1) is 9.93. The minimum absolute atomic E-state index is 0.0576. The minimum atomic E-state index is -1.00. The lowest BCUT2D eigenvalue weighted by atomic mass is 9.91. The fourth-order valence-corrected chi connectivity index (χ4v) is 3.16. The number of hydrogen-bond acceptors (Lipinski definition) is 3. The number of amides is 1. The first-order valence-corrected chi connectivity index (χ1v) is 7.95. The summed E-state index contributed by atoms with van der Waals surface area (Å²) < 4.78 is 0. The summed E-state index contributed by atoms with van der Waals surface area (Å²) in [7, 11) is 1.83. The van der Waals surface area contributed by atoms with Crippen molar-refractivity contribution in [3.63, 3.8) is 0 Å². The molecule has 21 heavy (non-hydrogen) atoms. The molecule has 0 aliphatic carbocycles. The fraction of sp³-hybridized carbons (Fsp3) is 0.353. The van der Waals surface area contributed by atoms with E-state index in [4.69, 9.17) is 5.73 Å². The Morgan fingerprint density at radius 1 is 1.29 bits per heavy atom. The van der Waals surface area contributed by atoms with Crippen LogP contribution in [0.25, 0.3) is 0 Å². The maximum absolute atomic E-state index is 12.7. The molecule has 2 aromatic rings. The molecule has 2 N–H and O–H groups in total. The summed E-state index contributed by atoms with van der Waals surface area (Å²) >= 11 is 1.72. The molecule has 2 rings (SSSR count). The van der Waals surface area contributed by atoms with Crippen molar-refractivity contribution in [1.29, 1.82) is 0 Å². The van der Waals surface area contributed by atoms with Crippen molar-refractivity contribution < 1.29 is 4.79 Å². The smallest absolute Gasteiger partial charge is 0.246 e. The van der Waals surface area contributed by atoms with Gasteiger partial charge in [-0.2, -0.15) is 0 Å². The van der Waals surface area contributed by atoms with Gasteiger partial charge in [0.25, 0.3) is 0 Å². The number of carbonyl (C=O) groups excluding carboxylic acids is 1. The standard InChI is InChI=1S/C17H22N2OS/c1-13(12-15-10-7-11-21-15)19(3)16(20)17(2,18)14-8-5-4-6-9-14/h4-11,13H,12,18H2,1-3H3. The number of thiophene rings is 1. The number of benzene rings is 1. The SMILES string of the molecule is CC(Cc1cccs1)N(C)C(=O)C(C)(N)c1ccccc1. The van der Waals surface area contributed by atoms with Crippen molar-refractivity contribution in [2.45, 2.75) is 31.8 Å². The van der Waals surface area contributed by atoms with Gasteiger partial charge in [0.15, 0.2) is 0 Å². The molecule has 3 nitrogen and oxygen atoms in total. The Bertz CT molecular complexity index is 578. The Labute approximate surface area is 130 Å². The molecule has 0 radical (unpaired) electrons. The monoisotopic (exact) mass is 302 g/mol. The van der Waals surface area contributed by atoms with Crippen LogP contribution < -0.4 is 5.73 Å². The van der Waals surface area contributed by atoms with Crippen LogP contribution >= 0.6 is 11.3 Å². The van der Waals surface area contributed by atoms with Gasteiger partial charge in [-0.1, -0.05) is 36.4 Å². The average Bonchev–Trinajstić information content (AvgIpc) is 2.99. The molecule has 1 aromatic heterocycles. The molecule has 0 aliphatic rings. The Hall–Kier alpha value is -1.65. The highest BCUT2D eigenvalue weighted by Gasteiger charge is 2.34. The maximum Gasteiger partial charge on any atom is 0.246 e. The lowest BCUT2D eigenvalue weighted by Gasteiger charge is -2.33. The van der Waals surface area contributed by atoms with E-state index >= 15 is 0 Å². The van der Waals surface area contributed by atoms with E-state index < -0.39 is 5.54 Å².